The molecule has 0 saturated carbocycles. The Morgan fingerprint density at radius 2 is 1.70 bits per heavy atom. The van der Waals surface area contributed by atoms with Gasteiger partial charge in [0.25, 0.3) is 0 Å². The first-order valence-electron chi connectivity index (χ1n) is 6.94. The van der Waals surface area contributed by atoms with Gasteiger partial charge in [-0.3, -0.25) is 9.59 Å². The van der Waals surface area contributed by atoms with Crippen LogP contribution in [0.1, 0.15) is 29.8 Å². The van der Waals surface area contributed by atoms with E-state index in [1.807, 2.05) is 49.1 Å². The number of nitrogens with zero attached hydrogens (tertiary/aromatic N) is 1. The average molecular weight is 269 g/mol. The Balaban J connectivity index is 2.41. The minimum absolute atomic E-state index is 0.124. The van der Waals surface area contributed by atoms with E-state index in [1.165, 1.54) is 0 Å². The van der Waals surface area contributed by atoms with Gasteiger partial charge in [-0.2, -0.15) is 0 Å². The molecule has 0 aromatic heterocycles. The highest BCUT2D eigenvalue weighted by Gasteiger charge is 2.13. The van der Waals surface area contributed by atoms with Crippen molar-refractivity contribution in [1.29, 1.82) is 0 Å². The number of hydrogen-bond acceptors (Lipinski definition) is 2. The summed E-state index contributed by atoms with van der Waals surface area (Å²) in [6.07, 6.45) is 1.24. The summed E-state index contributed by atoms with van der Waals surface area (Å²) in [5.74, 6) is 0.124. The molecule has 0 heterocycles. The fraction of sp³-hybridized carbons (Fsp3) is 0.294. The second-order valence-electron chi connectivity index (χ2n) is 4.72. The summed E-state index contributed by atoms with van der Waals surface area (Å²) in [4.78, 5) is 25.1. The Morgan fingerprint density at radius 3 is 2.30 bits per heavy atom. The molecular formula is C17H19NO2. The highest BCUT2D eigenvalue weighted by Crippen LogP contribution is 2.22. The number of carbonyl (C=O) groups excluding carboxylic acids is 2. The number of benzene rings is 2. The molecule has 0 saturated heterocycles. The molecule has 1 amide bonds. The van der Waals surface area contributed by atoms with Crippen molar-refractivity contribution in [2.75, 3.05) is 13.1 Å². The minimum atomic E-state index is 0.124. The highest BCUT2D eigenvalue weighted by atomic mass is 16.2. The average Bonchev–Trinajstić information content (AvgIpc) is 2.49. The number of amides is 1. The number of fused-ring (bicyclic) bond motifs is 1. The molecule has 3 nitrogen and oxygen atoms in total. The van der Waals surface area contributed by atoms with Crippen molar-refractivity contribution in [3.05, 3.63) is 47.5 Å². The smallest absolute Gasteiger partial charge is 0.226 e. The summed E-state index contributed by atoms with van der Waals surface area (Å²) in [5.41, 5.74) is 1.64. The van der Waals surface area contributed by atoms with Crippen LogP contribution in [0, 0.1) is 0 Å². The third-order valence-electron chi connectivity index (χ3n) is 3.63. The second kappa shape index (κ2) is 6.33. The molecule has 0 fully saturated rings. The van der Waals surface area contributed by atoms with E-state index in [9.17, 15) is 9.59 Å². The van der Waals surface area contributed by atoms with Gasteiger partial charge in [-0.25, -0.2) is 0 Å². The van der Waals surface area contributed by atoms with Crippen LogP contribution in [0.3, 0.4) is 0 Å². The van der Waals surface area contributed by atoms with Crippen molar-refractivity contribution in [3.8, 4) is 0 Å². The molecule has 0 N–H and O–H groups in total. The normalized spacial score (nSPS) is 10.5. The van der Waals surface area contributed by atoms with E-state index < -0.39 is 0 Å². The fourth-order valence-corrected chi connectivity index (χ4v) is 2.49. The van der Waals surface area contributed by atoms with Crippen molar-refractivity contribution < 1.29 is 9.59 Å². The van der Waals surface area contributed by atoms with Crippen molar-refractivity contribution in [1.82, 2.24) is 4.90 Å². The van der Waals surface area contributed by atoms with Gasteiger partial charge < -0.3 is 4.90 Å². The van der Waals surface area contributed by atoms with Crippen LogP contribution in [-0.2, 0) is 11.2 Å². The largest absolute Gasteiger partial charge is 0.343 e. The van der Waals surface area contributed by atoms with Gasteiger partial charge in [0.1, 0.15) is 0 Å². The molecule has 104 valence electrons. The number of carbonyl (C=O) groups is 2. The van der Waals surface area contributed by atoms with E-state index in [4.69, 9.17) is 0 Å². The van der Waals surface area contributed by atoms with Gasteiger partial charge in [-0.15, -0.1) is 0 Å². The zero-order valence-electron chi connectivity index (χ0n) is 11.9. The Morgan fingerprint density at radius 1 is 1.05 bits per heavy atom. The van der Waals surface area contributed by atoms with E-state index in [0.717, 1.165) is 35.7 Å². The monoisotopic (exact) mass is 269 g/mol. The lowest BCUT2D eigenvalue weighted by molar-refractivity contribution is -0.130. The third kappa shape index (κ3) is 2.72. The Hall–Kier alpha value is -2.16. The van der Waals surface area contributed by atoms with Crippen molar-refractivity contribution in [3.63, 3.8) is 0 Å². The fourth-order valence-electron chi connectivity index (χ4n) is 2.49. The molecule has 2 rings (SSSR count). The van der Waals surface area contributed by atoms with Crippen LogP contribution in [-0.4, -0.2) is 30.2 Å². The summed E-state index contributed by atoms with van der Waals surface area (Å²) in [5, 5.41) is 1.89. The summed E-state index contributed by atoms with van der Waals surface area (Å²) in [6.45, 7) is 5.41. The summed E-state index contributed by atoms with van der Waals surface area (Å²) >= 11 is 0. The summed E-state index contributed by atoms with van der Waals surface area (Å²) < 4.78 is 0. The molecule has 0 radical (unpaired) electrons. The maximum atomic E-state index is 12.2. The maximum absolute atomic E-state index is 12.2. The molecule has 0 spiro atoms. The van der Waals surface area contributed by atoms with Crippen LogP contribution in [0.2, 0.25) is 0 Å². The molecule has 0 aliphatic rings. The summed E-state index contributed by atoms with van der Waals surface area (Å²) in [6, 6.07) is 11.4. The molecule has 3 heteroatoms. The molecule has 2 aromatic carbocycles. The predicted molar refractivity (Wildman–Crippen MR) is 81.0 cm³/mol. The van der Waals surface area contributed by atoms with E-state index in [-0.39, 0.29) is 5.91 Å². The first-order valence-corrected chi connectivity index (χ1v) is 6.94. The standard InChI is InChI=1S/C17H19NO2/c1-3-18(4-2)17(20)11-13-9-10-14(12-19)16-8-6-5-7-15(13)16/h5-10,12H,3-4,11H2,1-2H3. The molecule has 0 aliphatic carbocycles. The Kier molecular flexibility index (Phi) is 4.51. The zero-order valence-corrected chi connectivity index (χ0v) is 11.9. The van der Waals surface area contributed by atoms with Gasteiger partial charge in [0, 0.05) is 18.7 Å². The van der Waals surface area contributed by atoms with E-state index >= 15 is 0 Å². The zero-order chi connectivity index (χ0) is 14.5. The van der Waals surface area contributed by atoms with Gasteiger partial charge >= 0.3 is 0 Å². The number of likely N-dealkylation sites (N-methyl/N-ethyl adjacent to an activating group) is 1. The Labute approximate surface area is 119 Å². The van der Waals surface area contributed by atoms with Crippen LogP contribution in [0.5, 0.6) is 0 Å². The minimum Gasteiger partial charge on any atom is -0.343 e. The van der Waals surface area contributed by atoms with E-state index in [2.05, 4.69) is 0 Å². The van der Waals surface area contributed by atoms with Crippen molar-refractivity contribution in [2.24, 2.45) is 0 Å². The van der Waals surface area contributed by atoms with Crippen LogP contribution in [0.4, 0.5) is 0 Å². The van der Waals surface area contributed by atoms with Crippen LogP contribution in [0.25, 0.3) is 10.8 Å². The number of hydrogen-bond donors (Lipinski definition) is 0. The topological polar surface area (TPSA) is 37.4 Å². The van der Waals surface area contributed by atoms with Crippen molar-refractivity contribution >= 4 is 23.0 Å². The van der Waals surface area contributed by atoms with E-state index in [0.29, 0.717) is 12.0 Å². The molecule has 0 atom stereocenters. The molecular weight excluding hydrogens is 250 g/mol. The molecule has 0 unspecified atom stereocenters. The molecule has 0 bridgehead atoms. The van der Waals surface area contributed by atoms with Crippen LogP contribution < -0.4 is 0 Å². The van der Waals surface area contributed by atoms with E-state index in [1.54, 1.807) is 6.07 Å². The molecule has 2 aromatic rings. The van der Waals surface area contributed by atoms with Gasteiger partial charge in [0.2, 0.25) is 5.91 Å². The number of aldehydes is 1. The van der Waals surface area contributed by atoms with Crippen LogP contribution >= 0.6 is 0 Å². The lowest BCUT2D eigenvalue weighted by Gasteiger charge is -2.19. The van der Waals surface area contributed by atoms with Gasteiger partial charge in [0.15, 0.2) is 6.29 Å². The molecule has 20 heavy (non-hydrogen) atoms. The first kappa shape index (κ1) is 14.3. The SMILES string of the molecule is CCN(CC)C(=O)Cc1ccc(C=O)c2ccccc12. The second-order valence-corrected chi connectivity index (χ2v) is 4.72. The lowest BCUT2D eigenvalue weighted by Crippen LogP contribution is -2.31. The van der Waals surface area contributed by atoms with Gasteiger partial charge in [0.05, 0.1) is 6.42 Å². The predicted octanol–water partition coefficient (Wildman–Crippen LogP) is 3.06. The highest BCUT2D eigenvalue weighted by molar-refractivity contribution is 6.00. The molecule has 0 aliphatic heterocycles. The first-order chi connectivity index (χ1) is 9.71. The van der Waals surface area contributed by atoms with Gasteiger partial charge in [-0.05, 0) is 30.2 Å². The Bertz CT molecular complexity index is 630. The lowest BCUT2D eigenvalue weighted by atomic mass is 9.98. The number of rotatable bonds is 5. The summed E-state index contributed by atoms with van der Waals surface area (Å²) in [7, 11) is 0. The van der Waals surface area contributed by atoms with Crippen molar-refractivity contribution in [2.45, 2.75) is 20.3 Å². The maximum Gasteiger partial charge on any atom is 0.226 e. The van der Waals surface area contributed by atoms with Crippen LogP contribution in [0.15, 0.2) is 36.4 Å². The quantitative estimate of drug-likeness (QED) is 0.782. The van der Waals surface area contributed by atoms with Gasteiger partial charge in [-0.1, -0.05) is 36.4 Å². The third-order valence-corrected chi connectivity index (χ3v) is 3.63.